The first-order chi connectivity index (χ1) is 29.6. The summed E-state index contributed by atoms with van der Waals surface area (Å²) in [5, 5.41) is 29.6. The molecule has 0 saturated carbocycles. The number of carboxylic acids is 2. The van der Waals surface area contributed by atoms with Gasteiger partial charge in [-0.2, -0.15) is 5.26 Å². The van der Waals surface area contributed by atoms with Gasteiger partial charge in [-0.05, 0) is 159 Å². The molecule has 26 heteroatoms. The molecule has 0 aromatic heterocycles. The van der Waals surface area contributed by atoms with Crippen molar-refractivity contribution >= 4 is 97.3 Å². The first-order valence-corrected chi connectivity index (χ1v) is 30.5. The van der Waals surface area contributed by atoms with E-state index in [4.69, 9.17) is 25.8 Å². The van der Waals surface area contributed by atoms with Gasteiger partial charge in [0, 0.05) is 20.9 Å². The zero-order chi connectivity index (χ0) is 54.8. The van der Waals surface area contributed by atoms with Crippen LogP contribution in [0.3, 0.4) is 0 Å². The molecule has 0 rings (SSSR count). The zero-order valence-electron chi connectivity index (χ0n) is 43.2. The number of thiocyanates is 1. The van der Waals surface area contributed by atoms with E-state index in [1.807, 2.05) is 24.4 Å². The summed E-state index contributed by atoms with van der Waals surface area (Å²) in [4.78, 5) is 21.7. The Bertz CT molecular complexity index is 1690. The van der Waals surface area contributed by atoms with Gasteiger partial charge in [-0.15, -0.1) is 11.6 Å². The molecular formula is C42H82Cl2F5IN3NaO10S4. The number of nitrogens with zero attached hydrogens (tertiary/aromatic N) is 3. The van der Waals surface area contributed by atoms with Crippen LogP contribution in [0.2, 0.25) is 0 Å². The SMILES string of the molecule is CC(C)(F)CCI.CC(C)(F)CCS(=O)(=O)CCCC[N+](C)(C)CC(=O)[O-].CC(C)(F)CCS(=O)(=O)Cl.CC(C)(F)CCSC#N.CN(C)CCCCS(=O)(=O)CCC(C)(C)F.O=C([O-])CCl.[Na+]. The number of unbranched alkanes of at least 4 members (excludes halogenated alkanes) is 2. The summed E-state index contributed by atoms with van der Waals surface area (Å²) in [5.74, 6) is -2.48. The molecule has 0 aliphatic carbocycles. The third kappa shape index (κ3) is 92.6. The van der Waals surface area contributed by atoms with Crippen LogP contribution in [-0.4, -0.2) is 168 Å². The van der Waals surface area contributed by atoms with Crippen molar-refractivity contribution in [1.82, 2.24) is 4.90 Å². The van der Waals surface area contributed by atoms with E-state index in [9.17, 15) is 57.1 Å². The van der Waals surface area contributed by atoms with E-state index in [1.165, 1.54) is 55.4 Å². The number of quaternary nitrogens is 1. The van der Waals surface area contributed by atoms with Crippen LogP contribution in [0.25, 0.3) is 0 Å². The van der Waals surface area contributed by atoms with Crippen molar-refractivity contribution in [2.24, 2.45) is 0 Å². The Kier molecular flexibility index (Phi) is 49.6. The first-order valence-electron chi connectivity index (χ1n) is 21.3. The number of carbonyl (C=O) groups excluding carboxylic acids is 2. The molecule has 0 aromatic carbocycles. The average Bonchev–Trinajstić information content (AvgIpc) is 3.08. The van der Waals surface area contributed by atoms with Crippen LogP contribution < -0.4 is 39.8 Å². The van der Waals surface area contributed by atoms with Crippen molar-refractivity contribution in [2.75, 3.05) is 92.6 Å². The van der Waals surface area contributed by atoms with Crippen molar-refractivity contribution in [1.29, 1.82) is 5.26 Å². The molecule has 0 spiro atoms. The molecule has 0 aliphatic heterocycles. The van der Waals surface area contributed by atoms with Crippen molar-refractivity contribution in [3.63, 3.8) is 0 Å². The van der Waals surface area contributed by atoms with E-state index in [1.54, 1.807) is 27.9 Å². The van der Waals surface area contributed by atoms with Gasteiger partial charge in [0.15, 0.2) is 0 Å². The van der Waals surface area contributed by atoms with Gasteiger partial charge in [-0.25, -0.2) is 47.2 Å². The summed E-state index contributed by atoms with van der Waals surface area (Å²) >= 11 is 7.95. The molecule has 13 nitrogen and oxygen atoms in total. The second kappa shape index (κ2) is 40.8. The Labute approximate surface area is 457 Å². The summed E-state index contributed by atoms with van der Waals surface area (Å²) in [6, 6.07) is 0. The maximum atomic E-state index is 13.3. The van der Waals surface area contributed by atoms with E-state index >= 15 is 0 Å². The quantitative estimate of drug-likeness (QED) is 0.0161. The van der Waals surface area contributed by atoms with Crippen LogP contribution in [0.1, 0.15) is 127 Å². The number of hydrogen-bond acceptors (Lipinski definition) is 13. The Balaban J connectivity index is -0.000000139. The predicted octanol–water partition coefficient (Wildman–Crippen LogP) is 4.60. The Morgan fingerprint density at radius 1 is 0.647 bits per heavy atom. The molecule has 0 bridgehead atoms. The molecule has 0 saturated heterocycles. The molecule has 0 heterocycles. The van der Waals surface area contributed by atoms with Gasteiger partial charge in [0.1, 0.15) is 60.0 Å². The monoisotopic (exact) mass is 1230 g/mol. The third-order valence-corrected chi connectivity index (χ3v) is 13.9. The standard InChI is InChI=1S/C13H26FNO4S.C11H24FNO2S.C6H10FNS.C5H10ClFO2S.C5H10FI.C2H3ClO2.Na/c1-13(2,14)7-10-20(18,19)9-6-5-8-15(3,4)11-12(16)17;1-11(2,12)7-10-16(14,15)9-6-5-8-13(3)4;1-6(2,7)3-4-9-5-8;1-5(2,7)3-4-10(6,8)9;1-5(2,6)3-4-7;3-1-2(4)5;/h5-11H2,1-4H3;5-10H2,1-4H3;3-4H2,1-2H3;3-4H2,1-2H3;3-4H2,1-2H3;1H2,(H,4,5);/q;;;;;;+1/p-1. The van der Waals surface area contributed by atoms with E-state index < -0.39 is 74.9 Å². The molecule has 0 amide bonds. The minimum absolute atomic E-state index is 0. The molecular weight excluding hydrogens is 1150 g/mol. The number of likely N-dealkylation sites (N-methyl/N-ethyl adjacent to an activating group) is 1. The summed E-state index contributed by atoms with van der Waals surface area (Å²) < 4.78 is 132. The van der Waals surface area contributed by atoms with Crippen molar-refractivity contribution in [2.45, 2.75) is 155 Å². The molecule has 406 valence electrons. The number of hydrogen-bond donors (Lipinski definition) is 0. The van der Waals surface area contributed by atoms with E-state index in [0.717, 1.165) is 29.2 Å². The number of carboxylic acid groups (broad SMARTS) is 2. The number of sulfone groups is 2. The van der Waals surface area contributed by atoms with Crippen LogP contribution in [0.4, 0.5) is 22.0 Å². The van der Waals surface area contributed by atoms with Gasteiger partial charge in [-0.3, -0.25) is 0 Å². The molecule has 0 unspecified atom stereocenters. The van der Waals surface area contributed by atoms with Gasteiger partial charge < -0.3 is 29.2 Å². The summed E-state index contributed by atoms with van der Waals surface area (Å²) in [6.07, 6.45) is 3.74. The van der Waals surface area contributed by atoms with Crippen LogP contribution in [0.15, 0.2) is 0 Å². The van der Waals surface area contributed by atoms with Crippen molar-refractivity contribution in [3.05, 3.63) is 0 Å². The molecule has 0 atom stereocenters. The maximum absolute atomic E-state index is 13.3. The fraction of sp³-hybridized carbons (Fsp3) is 0.929. The van der Waals surface area contributed by atoms with Crippen molar-refractivity contribution in [3.8, 4) is 5.40 Å². The van der Waals surface area contributed by atoms with Gasteiger partial charge >= 0.3 is 29.6 Å². The zero-order valence-corrected chi connectivity index (χ0v) is 52.2. The number of carbonyl (C=O) groups is 2. The first kappa shape index (κ1) is 82.5. The predicted molar refractivity (Wildman–Crippen MR) is 273 cm³/mol. The van der Waals surface area contributed by atoms with Crippen LogP contribution in [0.5, 0.6) is 0 Å². The summed E-state index contributed by atoms with van der Waals surface area (Å²) in [6.45, 7) is 15.8. The second-order valence-corrected chi connectivity index (χ2v) is 29.2. The van der Waals surface area contributed by atoms with Gasteiger partial charge in [0.2, 0.25) is 9.05 Å². The second-order valence-electron chi connectivity index (χ2n) is 19.4. The fourth-order valence-electron chi connectivity index (χ4n) is 3.97. The third-order valence-electron chi connectivity index (χ3n) is 7.95. The molecule has 0 N–H and O–H groups in total. The number of alkyl halides is 7. The average molecular weight is 1230 g/mol. The van der Waals surface area contributed by atoms with Gasteiger partial charge in [0.25, 0.3) is 0 Å². The number of aliphatic carboxylic acids is 2. The number of halogens is 8. The van der Waals surface area contributed by atoms with Crippen LogP contribution in [0, 0.1) is 10.7 Å². The van der Waals surface area contributed by atoms with E-state index in [0.29, 0.717) is 44.4 Å². The Hall–Kier alpha value is 0.510. The number of nitriles is 1. The summed E-state index contributed by atoms with van der Waals surface area (Å²) in [5.41, 5.74) is -6.40. The molecule has 68 heavy (non-hydrogen) atoms. The Morgan fingerprint density at radius 2 is 0.985 bits per heavy atom. The molecule has 0 aromatic rings. The number of thioether (sulfide) groups is 1. The largest absolute Gasteiger partial charge is 1.00 e. The normalized spacial score (nSPS) is 12.3. The number of rotatable bonds is 27. The smallest absolute Gasteiger partial charge is 0.549 e. The minimum Gasteiger partial charge on any atom is -0.549 e. The van der Waals surface area contributed by atoms with Crippen LogP contribution >= 0.6 is 56.6 Å². The van der Waals surface area contributed by atoms with E-state index in [2.05, 4.69) is 34.2 Å². The fourth-order valence-corrected chi connectivity index (χ4v) is 10.2. The Morgan fingerprint density at radius 3 is 1.22 bits per heavy atom. The molecule has 0 radical (unpaired) electrons. The molecule has 0 aliphatic rings. The summed E-state index contributed by atoms with van der Waals surface area (Å²) in [7, 11) is 2.45. The minimum atomic E-state index is -3.53. The van der Waals surface area contributed by atoms with Gasteiger partial charge in [-0.1, -0.05) is 22.6 Å². The van der Waals surface area contributed by atoms with Crippen molar-refractivity contribution < 1.29 is 101 Å². The maximum Gasteiger partial charge on any atom is 1.00 e. The van der Waals surface area contributed by atoms with Gasteiger partial charge in [0.05, 0.1) is 67.2 Å². The topological polar surface area (TPSA) is 210 Å². The van der Waals surface area contributed by atoms with E-state index in [-0.39, 0.29) is 88.6 Å². The molecule has 0 fully saturated rings. The van der Waals surface area contributed by atoms with Crippen LogP contribution in [-0.2, 0) is 38.3 Å².